The average molecular weight is 408 g/mol. The molecule has 0 N–H and O–H groups in total. The molecule has 3 fully saturated rings. The number of carbonyl (C=O) groups is 2. The Morgan fingerprint density at radius 2 is 1.97 bits per heavy atom. The van der Waals surface area contributed by atoms with Crippen molar-refractivity contribution < 1.29 is 19.1 Å². The number of hydrogen-bond acceptors (Lipinski definition) is 5. The normalized spacial score (nSPS) is 34.0. The lowest BCUT2D eigenvalue weighted by Crippen LogP contribution is -2.48. The number of benzene rings is 2. The van der Waals surface area contributed by atoms with Crippen molar-refractivity contribution in [2.45, 2.75) is 24.5 Å². The number of halogens is 1. The zero-order valence-corrected chi connectivity index (χ0v) is 16.2. The smallest absolute Gasteiger partial charge is 0.218 e. The number of ketones is 2. The Bertz CT molecular complexity index is 1050. The molecule has 2 aromatic rings. The first kappa shape index (κ1) is 17.4. The molecule has 0 amide bonds. The molecule has 0 radical (unpaired) electrons. The molecule has 0 spiro atoms. The van der Waals surface area contributed by atoms with Crippen LogP contribution < -0.4 is 4.90 Å². The SMILES string of the molecule is O=C1[C@H]2OC[C@@H](O2)[C@H]2[C@H]1[C@H]1C=Cc3cc(Cl)ccc3N1[C@@H]2C(=O)c1ccccc1. The van der Waals surface area contributed by atoms with Gasteiger partial charge in [0.1, 0.15) is 0 Å². The Balaban J connectivity index is 1.53. The molecular formula is C23H18ClNO4. The van der Waals surface area contributed by atoms with Gasteiger partial charge in [-0.05, 0) is 23.8 Å². The van der Waals surface area contributed by atoms with E-state index < -0.39 is 12.3 Å². The van der Waals surface area contributed by atoms with E-state index in [2.05, 4.69) is 4.90 Å². The summed E-state index contributed by atoms with van der Waals surface area (Å²) >= 11 is 6.20. The fourth-order valence-corrected chi connectivity index (χ4v) is 5.56. The van der Waals surface area contributed by atoms with Crippen molar-refractivity contribution in [2.24, 2.45) is 11.8 Å². The van der Waals surface area contributed by atoms with Crippen LogP contribution in [0.4, 0.5) is 5.69 Å². The largest absolute Gasteiger partial charge is 0.353 e. The van der Waals surface area contributed by atoms with Crippen LogP contribution in [-0.2, 0) is 14.3 Å². The van der Waals surface area contributed by atoms with E-state index in [4.69, 9.17) is 21.1 Å². The van der Waals surface area contributed by atoms with Gasteiger partial charge in [0.2, 0.25) is 6.29 Å². The molecule has 0 aliphatic carbocycles. The van der Waals surface area contributed by atoms with Gasteiger partial charge in [-0.1, -0.05) is 54.1 Å². The molecule has 6 rings (SSSR count). The average Bonchev–Trinajstić information content (AvgIpc) is 3.33. The summed E-state index contributed by atoms with van der Waals surface area (Å²) in [6, 6.07) is 14.2. The van der Waals surface area contributed by atoms with Crippen LogP contribution in [0.2, 0.25) is 5.02 Å². The number of hydrogen-bond donors (Lipinski definition) is 0. The van der Waals surface area contributed by atoms with Crippen LogP contribution in [0.25, 0.3) is 6.08 Å². The van der Waals surface area contributed by atoms with E-state index in [9.17, 15) is 9.59 Å². The third-order valence-electron chi connectivity index (χ3n) is 6.54. The first-order valence-corrected chi connectivity index (χ1v) is 10.2. The Morgan fingerprint density at radius 1 is 1.14 bits per heavy atom. The van der Waals surface area contributed by atoms with Crippen LogP contribution in [0.1, 0.15) is 15.9 Å². The van der Waals surface area contributed by atoms with E-state index in [0.29, 0.717) is 17.2 Å². The summed E-state index contributed by atoms with van der Waals surface area (Å²) in [5.41, 5.74) is 2.51. The van der Waals surface area contributed by atoms with Crippen LogP contribution in [0.15, 0.2) is 54.6 Å². The minimum absolute atomic E-state index is 0.000972. The fourth-order valence-electron chi connectivity index (χ4n) is 5.38. The van der Waals surface area contributed by atoms with E-state index >= 15 is 0 Å². The van der Waals surface area contributed by atoms with E-state index in [1.54, 1.807) is 0 Å². The second kappa shape index (κ2) is 6.26. The van der Waals surface area contributed by atoms with Gasteiger partial charge in [-0.3, -0.25) is 9.59 Å². The molecule has 6 heteroatoms. The van der Waals surface area contributed by atoms with Gasteiger partial charge in [-0.2, -0.15) is 0 Å². The van der Waals surface area contributed by atoms with Crippen LogP contribution >= 0.6 is 11.6 Å². The van der Waals surface area contributed by atoms with E-state index in [1.807, 2.05) is 60.7 Å². The molecular weight excluding hydrogens is 390 g/mol. The Hall–Kier alpha value is -2.47. The topological polar surface area (TPSA) is 55.8 Å². The maximum absolute atomic E-state index is 13.7. The first-order chi connectivity index (χ1) is 14.1. The predicted molar refractivity (Wildman–Crippen MR) is 108 cm³/mol. The highest BCUT2D eigenvalue weighted by Gasteiger charge is 2.63. The maximum Gasteiger partial charge on any atom is 0.218 e. The summed E-state index contributed by atoms with van der Waals surface area (Å²) in [7, 11) is 0. The minimum atomic E-state index is -0.811. The zero-order valence-electron chi connectivity index (χ0n) is 15.4. The molecule has 0 saturated carbocycles. The molecule has 4 aliphatic rings. The standard InChI is InChI=1S/C23H18ClNO4/c24-14-7-9-15-13(10-14)6-8-16-18-19(17-11-28-23(29-17)22(18)27)20(25(15)16)21(26)12-4-2-1-3-5-12/h1-10,16-20,23H,11H2/t16-,17-,18-,19+,20+,23+/m1/s1. The minimum Gasteiger partial charge on any atom is -0.353 e. The highest BCUT2D eigenvalue weighted by atomic mass is 35.5. The Labute approximate surface area is 172 Å². The first-order valence-electron chi connectivity index (χ1n) is 9.79. The molecule has 6 atom stereocenters. The maximum atomic E-state index is 13.7. The molecule has 0 aromatic heterocycles. The van der Waals surface area contributed by atoms with Gasteiger partial charge in [-0.25, -0.2) is 0 Å². The molecule has 29 heavy (non-hydrogen) atoms. The molecule has 2 bridgehead atoms. The number of nitrogens with zero attached hydrogens (tertiary/aromatic N) is 1. The van der Waals surface area contributed by atoms with Crippen molar-refractivity contribution in [1.82, 2.24) is 0 Å². The second-order valence-corrected chi connectivity index (χ2v) is 8.42. The predicted octanol–water partition coefficient (Wildman–Crippen LogP) is 3.36. The van der Waals surface area contributed by atoms with Crippen molar-refractivity contribution in [3.8, 4) is 0 Å². The summed E-state index contributed by atoms with van der Waals surface area (Å²) in [5, 5.41) is 0.640. The van der Waals surface area contributed by atoms with E-state index in [1.165, 1.54) is 0 Å². The Kier molecular flexibility index (Phi) is 3.76. The van der Waals surface area contributed by atoms with Crippen LogP contribution in [0, 0.1) is 11.8 Å². The summed E-state index contributed by atoms with van der Waals surface area (Å²) < 4.78 is 11.4. The molecule has 3 saturated heterocycles. The summed E-state index contributed by atoms with van der Waals surface area (Å²) in [6.07, 6.45) is 2.95. The molecule has 0 unspecified atom stereocenters. The van der Waals surface area contributed by atoms with Crippen molar-refractivity contribution in [3.63, 3.8) is 0 Å². The lowest BCUT2D eigenvalue weighted by atomic mass is 9.77. The van der Waals surface area contributed by atoms with Crippen molar-refractivity contribution in [1.29, 1.82) is 0 Å². The van der Waals surface area contributed by atoms with Crippen molar-refractivity contribution in [3.05, 3.63) is 70.8 Å². The number of Topliss-reactive ketones (excluding diaryl/α,β-unsaturated/α-hetero) is 2. The molecule has 4 aliphatic heterocycles. The van der Waals surface area contributed by atoms with Gasteiger partial charge in [0.15, 0.2) is 11.6 Å². The van der Waals surface area contributed by atoms with Crippen LogP contribution in [0.5, 0.6) is 0 Å². The number of ether oxygens (including phenoxy) is 2. The second-order valence-electron chi connectivity index (χ2n) is 7.98. The lowest BCUT2D eigenvalue weighted by molar-refractivity contribution is -0.163. The van der Waals surface area contributed by atoms with Gasteiger partial charge in [0.05, 0.1) is 30.7 Å². The molecule has 2 aromatic carbocycles. The highest BCUT2D eigenvalue weighted by molar-refractivity contribution is 6.30. The number of fused-ring (bicyclic) bond motifs is 8. The van der Waals surface area contributed by atoms with Gasteiger partial charge >= 0.3 is 0 Å². The van der Waals surface area contributed by atoms with E-state index in [0.717, 1.165) is 11.3 Å². The number of carbonyl (C=O) groups excluding carboxylic acids is 2. The van der Waals surface area contributed by atoms with Crippen molar-refractivity contribution in [2.75, 3.05) is 11.5 Å². The molecule has 4 heterocycles. The van der Waals surface area contributed by atoms with Crippen LogP contribution in [-0.4, -0.2) is 42.7 Å². The van der Waals surface area contributed by atoms with Crippen LogP contribution in [0.3, 0.4) is 0 Å². The van der Waals surface area contributed by atoms with Gasteiger partial charge in [0, 0.05) is 22.2 Å². The number of anilines is 1. The molecule has 5 nitrogen and oxygen atoms in total. The zero-order chi connectivity index (χ0) is 19.7. The van der Waals surface area contributed by atoms with Gasteiger partial charge in [-0.15, -0.1) is 0 Å². The quantitative estimate of drug-likeness (QED) is 0.714. The third kappa shape index (κ3) is 2.41. The lowest BCUT2D eigenvalue weighted by Gasteiger charge is -2.35. The summed E-state index contributed by atoms with van der Waals surface area (Å²) in [4.78, 5) is 29.0. The Morgan fingerprint density at radius 3 is 2.79 bits per heavy atom. The third-order valence-corrected chi connectivity index (χ3v) is 6.77. The van der Waals surface area contributed by atoms with E-state index in [-0.39, 0.29) is 35.5 Å². The van der Waals surface area contributed by atoms with Gasteiger partial charge < -0.3 is 14.4 Å². The van der Waals surface area contributed by atoms with Crippen molar-refractivity contribution >= 4 is 34.9 Å². The summed E-state index contributed by atoms with van der Waals surface area (Å²) in [6.45, 7) is 0.341. The summed E-state index contributed by atoms with van der Waals surface area (Å²) in [5.74, 6) is -0.658. The molecule has 146 valence electrons. The fraction of sp³-hybridized carbons (Fsp3) is 0.304. The number of rotatable bonds is 2. The van der Waals surface area contributed by atoms with Gasteiger partial charge in [0.25, 0.3) is 0 Å². The monoisotopic (exact) mass is 407 g/mol. The highest BCUT2D eigenvalue weighted by Crippen LogP contribution is 2.51.